The van der Waals surface area contributed by atoms with E-state index in [9.17, 15) is 4.79 Å². The first-order valence-corrected chi connectivity index (χ1v) is 7.59. The van der Waals surface area contributed by atoms with Crippen molar-refractivity contribution in [1.82, 2.24) is 9.38 Å². The van der Waals surface area contributed by atoms with Crippen molar-refractivity contribution < 1.29 is 0 Å². The van der Waals surface area contributed by atoms with Gasteiger partial charge >= 0.3 is 0 Å². The molecular formula is C16H9ClN2OS. The summed E-state index contributed by atoms with van der Waals surface area (Å²) in [5, 5.41) is 0.682. The summed E-state index contributed by atoms with van der Waals surface area (Å²) in [6, 6.07) is 15.1. The van der Waals surface area contributed by atoms with E-state index in [2.05, 4.69) is 4.98 Å². The molecular weight excluding hydrogens is 304 g/mol. The van der Waals surface area contributed by atoms with Crippen LogP contribution in [-0.4, -0.2) is 9.38 Å². The van der Waals surface area contributed by atoms with E-state index in [1.165, 1.54) is 11.3 Å². The highest BCUT2D eigenvalue weighted by molar-refractivity contribution is 7.15. The van der Waals surface area contributed by atoms with E-state index >= 15 is 0 Å². The average Bonchev–Trinajstić information content (AvgIpc) is 2.99. The second-order valence-corrected chi connectivity index (χ2v) is 6.13. The van der Waals surface area contributed by atoms with Gasteiger partial charge < -0.3 is 0 Å². The van der Waals surface area contributed by atoms with Crippen LogP contribution in [0.5, 0.6) is 0 Å². The molecule has 4 aromatic rings. The molecule has 0 aliphatic carbocycles. The minimum Gasteiger partial charge on any atom is -0.267 e. The minimum absolute atomic E-state index is 0.0290. The van der Waals surface area contributed by atoms with E-state index in [4.69, 9.17) is 11.6 Å². The summed E-state index contributed by atoms with van der Waals surface area (Å²) >= 11 is 7.27. The first kappa shape index (κ1) is 12.6. The van der Waals surface area contributed by atoms with Crippen LogP contribution >= 0.6 is 22.9 Å². The van der Waals surface area contributed by atoms with Gasteiger partial charge in [0.2, 0.25) is 0 Å². The van der Waals surface area contributed by atoms with Crippen LogP contribution in [-0.2, 0) is 0 Å². The number of hydrogen-bond donors (Lipinski definition) is 0. The Morgan fingerprint density at radius 2 is 1.86 bits per heavy atom. The van der Waals surface area contributed by atoms with Crippen LogP contribution in [0.25, 0.3) is 22.1 Å². The van der Waals surface area contributed by atoms with Crippen LogP contribution in [0.15, 0.2) is 53.3 Å². The van der Waals surface area contributed by atoms with Crippen LogP contribution in [0.3, 0.4) is 0 Å². The SMILES string of the molecule is O=c1/c(=C\c2ccc(Cl)cc2)sc2nc3ccccc3n12. The number of benzene rings is 2. The number of aromatic nitrogens is 2. The Morgan fingerprint density at radius 3 is 2.67 bits per heavy atom. The molecule has 0 atom stereocenters. The monoisotopic (exact) mass is 312 g/mol. The van der Waals surface area contributed by atoms with Crippen LogP contribution in [0.4, 0.5) is 0 Å². The fraction of sp³-hybridized carbons (Fsp3) is 0. The molecule has 0 bridgehead atoms. The fourth-order valence-electron chi connectivity index (χ4n) is 2.32. The molecule has 2 heterocycles. The van der Waals surface area contributed by atoms with E-state index in [-0.39, 0.29) is 5.56 Å². The van der Waals surface area contributed by atoms with Gasteiger partial charge in [0.15, 0.2) is 4.96 Å². The summed E-state index contributed by atoms with van der Waals surface area (Å²) in [5.74, 6) is 0. The van der Waals surface area contributed by atoms with Gasteiger partial charge in [0.1, 0.15) is 0 Å². The first-order chi connectivity index (χ1) is 10.2. The van der Waals surface area contributed by atoms with Gasteiger partial charge in [-0.15, -0.1) is 0 Å². The predicted octanol–water partition coefficient (Wildman–Crippen LogP) is 3.11. The highest BCUT2D eigenvalue weighted by atomic mass is 35.5. The first-order valence-electron chi connectivity index (χ1n) is 6.40. The molecule has 0 saturated heterocycles. The molecule has 0 amide bonds. The predicted molar refractivity (Wildman–Crippen MR) is 87.1 cm³/mol. The zero-order valence-electron chi connectivity index (χ0n) is 10.8. The van der Waals surface area contributed by atoms with Crippen molar-refractivity contribution in [2.75, 3.05) is 0 Å². The Bertz CT molecular complexity index is 1060. The molecule has 0 fully saturated rings. The van der Waals surface area contributed by atoms with Gasteiger partial charge in [0.25, 0.3) is 5.56 Å². The lowest BCUT2D eigenvalue weighted by molar-refractivity contribution is 1.19. The maximum atomic E-state index is 12.6. The molecule has 0 N–H and O–H groups in total. The third-order valence-electron chi connectivity index (χ3n) is 3.31. The third-order valence-corrected chi connectivity index (χ3v) is 4.53. The van der Waals surface area contributed by atoms with Crippen LogP contribution in [0.1, 0.15) is 5.56 Å². The smallest absolute Gasteiger partial charge is 0.267 e. The van der Waals surface area contributed by atoms with Crippen molar-refractivity contribution in [2.24, 2.45) is 0 Å². The molecule has 5 heteroatoms. The lowest BCUT2D eigenvalue weighted by Gasteiger charge is -1.91. The number of hydrogen-bond acceptors (Lipinski definition) is 3. The fourth-order valence-corrected chi connectivity index (χ4v) is 3.44. The van der Waals surface area contributed by atoms with E-state index < -0.39 is 0 Å². The largest absolute Gasteiger partial charge is 0.274 e. The van der Waals surface area contributed by atoms with Crippen molar-refractivity contribution in [3.8, 4) is 0 Å². The molecule has 102 valence electrons. The average molecular weight is 313 g/mol. The molecule has 0 aliphatic rings. The van der Waals surface area contributed by atoms with E-state index in [1.807, 2.05) is 54.6 Å². The highest BCUT2D eigenvalue weighted by Crippen LogP contribution is 2.16. The Hall–Kier alpha value is -2.17. The summed E-state index contributed by atoms with van der Waals surface area (Å²) in [4.78, 5) is 17.8. The van der Waals surface area contributed by atoms with E-state index in [0.717, 1.165) is 21.6 Å². The summed E-state index contributed by atoms with van der Waals surface area (Å²) in [5.41, 5.74) is 2.62. The van der Waals surface area contributed by atoms with Crippen molar-refractivity contribution in [2.45, 2.75) is 0 Å². The Labute approximate surface area is 128 Å². The summed E-state index contributed by atoms with van der Waals surface area (Å²) < 4.78 is 2.34. The Kier molecular flexibility index (Phi) is 2.80. The number of para-hydroxylation sites is 2. The van der Waals surface area contributed by atoms with Crippen molar-refractivity contribution in [1.29, 1.82) is 0 Å². The Balaban J connectivity index is 2.00. The second-order valence-electron chi connectivity index (χ2n) is 4.69. The summed E-state index contributed by atoms with van der Waals surface area (Å²) in [6.07, 6.45) is 1.87. The van der Waals surface area contributed by atoms with Gasteiger partial charge in [-0.2, -0.15) is 0 Å². The van der Waals surface area contributed by atoms with Gasteiger partial charge in [0.05, 0.1) is 15.6 Å². The molecule has 4 rings (SSSR count). The van der Waals surface area contributed by atoms with Crippen LogP contribution in [0.2, 0.25) is 5.02 Å². The molecule has 0 saturated carbocycles. The van der Waals surface area contributed by atoms with Crippen LogP contribution in [0, 0.1) is 0 Å². The molecule has 0 aliphatic heterocycles. The van der Waals surface area contributed by atoms with Gasteiger partial charge in [-0.1, -0.05) is 47.2 Å². The van der Waals surface area contributed by atoms with Gasteiger partial charge in [0, 0.05) is 5.02 Å². The summed E-state index contributed by atoms with van der Waals surface area (Å²) in [7, 11) is 0. The number of rotatable bonds is 1. The minimum atomic E-state index is -0.0290. The topological polar surface area (TPSA) is 34.4 Å². The van der Waals surface area contributed by atoms with Crippen molar-refractivity contribution in [3.63, 3.8) is 0 Å². The van der Waals surface area contributed by atoms with Crippen molar-refractivity contribution in [3.05, 3.63) is 74.0 Å². The van der Waals surface area contributed by atoms with Crippen molar-refractivity contribution >= 4 is 45.0 Å². The van der Waals surface area contributed by atoms with Gasteiger partial charge in [-0.3, -0.25) is 4.79 Å². The highest BCUT2D eigenvalue weighted by Gasteiger charge is 2.10. The molecule has 0 unspecified atom stereocenters. The van der Waals surface area contributed by atoms with Gasteiger partial charge in [-0.25, -0.2) is 9.38 Å². The number of halogens is 1. The zero-order chi connectivity index (χ0) is 14.4. The molecule has 2 aromatic carbocycles. The standard InChI is InChI=1S/C16H9ClN2OS/c17-11-7-5-10(6-8-11)9-14-15(20)19-13-4-2-1-3-12(13)18-16(19)21-14/h1-9H/b14-9+. The molecule has 3 nitrogen and oxygen atoms in total. The normalized spacial score (nSPS) is 12.5. The number of nitrogens with zero attached hydrogens (tertiary/aromatic N) is 2. The Morgan fingerprint density at radius 1 is 1.10 bits per heavy atom. The number of fused-ring (bicyclic) bond motifs is 3. The maximum Gasteiger partial charge on any atom is 0.274 e. The number of thiazole rings is 1. The molecule has 0 radical (unpaired) electrons. The van der Waals surface area contributed by atoms with Crippen LogP contribution < -0.4 is 10.1 Å². The summed E-state index contributed by atoms with van der Waals surface area (Å²) in [6.45, 7) is 0. The second kappa shape index (κ2) is 4.69. The quantitative estimate of drug-likeness (QED) is 0.541. The lowest BCUT2D eigenvalue weighted by Crippen LogP contribution is -2.22. The van der Waals surface area contributed by atoms with Gasteiger partial charge in [-0.05, 0) is 35.9 Å². The maximum absolute atomic E-state index is 12.6. The molecule has 2 aromatic heterocycles. The number of imidazole rings is 1. The molecule has 0 spiro atoms. The third kappa shape index (κ3) is 2.04. The molecule has 21 heavy (non-hydrogen) atoms. The zero-order valence-corrected chi connectivity index (χ0v) is 12.4. The van der Waals surface area contributed by atoms with E-state index in [0.29, 0.717) is 9.55 Å². The lowest BCUT2D eigenvalue weighted by atomic mass is 10.2. The van der Waals surface area contributed by atoms with E-state index in [1.54, 1.807) is 4.40 Å².